The summed E-state index contributed by atoms with van der Waals surface area (Å²) in [4.78, 5) is 17.4. The molecule has 1 aromatic heterocycles. The first-order chi connectivity index (χ1) is 13.8. The standard InChI is InChI=1S/C22H16N2O3S/c25-21(17-11-26-15-6-1-2-7-16(15)27-17)24-22-23-20-14-5-3-4-12-8-9-13(19(12)14)10-18(20)28-22/h1-7,10,17H,8-9,11H2,(H,23,24,25)/t17-/m1/s1. The van der Waals surface area contributed by atoms with Crippen LogP contribution in [0.25, 0.3) is 21.0 Å². The summed E-state index contributed by atoms with van der Waals surface area (Å²) in [5.74, 6) is 1.00. The van der Waals surface area contributed by atoms with E-state index in [0.29, 0.717) is 16.6 Å². The first-order valence-electron chi connectivity index (χ1n) is 9.29. The fourth-order valence-electron chi connectivity index (χ4n) is 4.09. The van der Waals surface area contributed by atoms with Crippen LogP contribution in [0, 0.1) is 0 Å². The normalized spacial score (nSPS) is 17.2. The lowest BCUT2D eigenvalue weighted by Crippen LogP contribution is -2.40. The highest BCUT2D eigenvalue weighted by Crippen LogP contribution is 2.39. The van der Waals surface area contributed by atoms with E-state index in [1.807, 2.05) is 18.2 Å². The monoisotopic (exact) mass is 388 g/mol. The van der Waals surface area contributed by atoms with Crippen molar-refractivity contribution in [1.82, 2.24) is 4.98 Å². The van der Waals surface area contributed by atoms with Gasteiger partial charge in [0.2, 0.25) is 6.10 Å². The van der Waals surface area contributed by atoms with Crippen LogP contribution in [-0.2, 0) is 17.6 Å². The first kappa shape index (κ1) is 15.9. The van der Waals surface area contributed by atoms with Crippen LogP contribution in [0.2, 0.25) is 0 Å². The molecule has 2 heterocycles. The number of hydrogen-bond acceptors (Lipinski definition) is 5. The second kappa shape index (κ2) is 5.94. The molecule has 1 N–H and O–H groups in total. The topological polar surface area (TPSA) is 60.5 Å². The number of ether oxygens (including phenoxy) is 2. The van der Waals surface area contributed by atoms with Crippen LogP contribution < -0.4 is 14.8 Å². The molecule has 1 amide bonds. The van der Waals surface area contributed by atoms with Gasteiger partial charge in [-0.3, -0.25) is 10.1 Å². The minimum atomic E-state index is -0.695. The van der Waals surface area contributed by atoms with Crippen LogP contribution in [0.3, 0.4) is 0 Å². The molecule has 0 bridgehead atoms. The molecule has 0 radical (unpaired) electrons. The van der Waals surface area contributed by atoms with Gasteiger partial charge in [0.15, 0.2) is 16.6 Å². The number of aromatic nitrogens is 1. The van der Waals surface area contributed by atoms with Gasteiger partial charge in [-0.25, -0.2) is 4.98 Å². The predicted octanol–water partition coefficient (Wildman–Crippen LogP) is 4.33. The minimum absolute atomic E-state index is 0.185. The molecule has 0 saturated carbocycles. The van der Waals surface area contributed by atoms with Gasteiger partial charge in [-0.05, 0) is 47.6 Å². The molecule has 3 aromatic carbocycles. The number of anilines is 1. The Labute approximate surface area is 164 Å². The lowest BCUT2D eigenvalue weighted by molar-refractivity contribution is -0.125. The number of amides is 1. The lowest BCUT2D eigenvalue weighted by atomic mass is 10.0. The van der Waals surface area contributed by atoms with Crippen LogP contribution in [0.4, 0.5) is 5.13 Å². The number of hydrogen-bond donors (Lipinski definition) is 1. The van der Waals surface area contributed by atoms with Crippen molar-refractivity contribution in [2.24, 2.45) is 0 Å². The van der Waals surface area contributed by atoms with Gasteiger partial charge < -0.3 is 9.47 Å². The smallest absolute Gasteiger partial charge is 0.270 e. The zero-order chi connectivity index (χ0) is 18.7. The van der Waals surface area contributed by atoms with Crippen molar-refractivity contribution < 1.29 is 14.3 Å². The van der Waals surface area contributed by atoms with Crippen molar-refractivity contribution in [3.05, 3.63) is 59.7 Å². The van der Waals surface area contributed by atoms with Crippen LogP contribution >= 0.6 is 11.3 Å². The van der Waals surface area contributed by atoms with Crippen LogP contribution in [0.15, 0.2) is 48.5 Å². The zero-order valence-electron chi connectivity index (χ0n) is 14.9. The summed E-state index contributed by atoms with van der Waals surface area (Å²) in [6.45, 7) is 0.185. The molecule has 4 aromatic rings. The predicted molar refractivity (Wildman–Crippen MR) is 110 cm³/mol. The summed E-state index contributed by atoms with van der Waals surface area (Å²) in [5, 5.41) is 6.01. The summed E-state index contributed by atoms with van der Waals surface area (Å²) in [6, 6.07) is 16.0. The Morgan fingerprint density at radius 1 is 1.07 bits per heavy atom. The lowest BCUT2D eigenvalue weighted by Gasteiger charge is -2.25. The fraction of sp³-hybridized carbons (Fsp3) is 0.182. The zero-order valence-corrected chi connectivity index (χ0v) is 15.7. The van der Waals surface area contributed by atoms with Crippen molar-refractivity contribution in [1.29, 1.82) is 0 Å². The number of carbonyl (C=O) groups is 1. The van der Waals surface area contributed by atoms with Gasteiger partial charge >= 0.3 is 0 Å². The van der Waals surface area contributed by atoms with Gasteiger partial charge in [-0.2, -0.15) is 0 Å². The molecule has 1 aliphatic carbocycles. The average molecular weight is 388 g/mol. The highest BCUT2D eigenvalue weighted by Gasteiger charge is 2.28. The number of benzene rings is 3. The van der Waals surface area contributed by atoms with Crippen LogP contribution in [-0.4, -0.2) is 23.6 Å². The third-order valence-corrected chi connectivity index (χ3v) is 6.30. The van der Waals surface area contributed by atoms with E-state index in [1.54, 1.807) is 6.07 Å². The maximum atomic E-state index is 12.7. The number of carbonyl (C=O) groups excluding carboxylic acids is 1. The third-order valence-electron chi connectivity index (χ3n) is 5.38. The van der Waals surface area contributed by atoms with E-state index in [-0.39, 0.29) is 12.5 Å². The molecule has 28 heavy (non-hydrogen) atoms. The van der Waals surface area contributed by atoms with Crippen molar-refractivity contribution >= 4 is 43.4 Å². The van der Waals surface area contributed by atoms with Crippen molar-refractivity contribution in [2.45, 2.75) is 18.9 Å². The Hall–Kier alpha value is -3.12. The van der Waals surface area contributed by atoms with Gasteiger partial charge in [-0.15, -0.1) is 0 Å². The summed E-state index contributed by atoms with van der Waals surface area (Å²) in [6.07, 6.45) is 1.46. The largest absolute Gasteiger partial charge is 0.485 e. The number of aryl methyl sites for hydroxylation is 2. The Kier molecular flexibility index (Phi) is 3.37. The van der Waals surface area contributed by atoms with Crippen molar-refractivity contribution in [3.63, 3.8) is 0 Å². The van der Waals surface area contributed by atoms with E-state index in [2.05, 4.69) is 29.6 Å². The molecule has 138 valence electrons. The van der Waals surface area contributed by atoms with Gasteiger partial charge in [0, 0.05) is 5.39 Å². The Morgan fingerprint density at radius 3 is 2.86 bits per heavy atom. The van der Waals surface area contributed by atoms with E-state index in [4.69, 9.17) is 14.5 Å². The molecule has 6 rings (SSSR count). The molecule has 1 atom stereocenters. The summed E-state index contributed by atoms with van der Waals surface area (Å²) < 4.78 is 12.5. The number of para-hydroxylation sites is 2. The molecule has 0 fully saturated rings. The number of fused-ring (bicyclic) bond motifs is 3. The van der Waals surface area contributed by atoms with E-state index >= 15 is 0 Å². The molecule has 2 aliphatic rings. The third kappa shape index (κ3) is 2.38. The van der Waals surface area contributed by atoms with Gasteiger partial charge in [0.1, 0.15) is 6.61 Å². The summed E-state index contributed by atoms with van der Waals surface area (Å²) in [7, 11) is 0. The first-order valence-corrected chi connectivity index (χ1v) is 10.1. The molecule has 6 heteroatoms. The molecular formula is C22H16N2O3S. The van der Waals surface area contributed by atoms with E-state index in [9.17, 15) is 4.79 Å². The summed E-state index contributed by atoms with van der Waals surface area (Å²) in [5.41, 5.74) is 3.72. The second-order valence-corrected chi connectivity index (χ2v) is 8.13. The van der Waals surface area contributed by atoms with Gasteiger partial charge in [0.05, 0.1) is 10.2 Å². The van der Waals surface area contributed by atoms with Crippen LogP contribution in [0.1, 0.15) is 11.1 Å². The van der Waals surface area contributed by atoms with Crippen molar-refractivity contribution in [2.75, 3.05) is 11.9 Å². The maximum Gasteiger partial charge on any atom is 0.270 e. The average Bonchev–Trinajstić information content (AvgIpc) is 3.33. The molecular weight excluding hydrogens is 372 g/mol. The number of rotatable bonds is 2. The maximum absolute atomic E-state index is 12.7. The minimum Gasteiger partial charge on any atom is -0.485 e. The van der Waals surface area contributed by atoms with E-state index < -0.39 is 6.10 Å². The van der Waals surface area contributed by atoms with E-state index in [1.165, 1.54) is 33.2 Å². The Morgan fingerprint density at radius 2 is 1.93 bits per heavy atom. The van der Waals surface area contributed by atoms with E-state index in [0.717, 1.165) is 23.1 Å². The Bertz CT molecular complexity index is 1260. The second-order valence-electron chi connectivity index (χ2n) is 7.09. The van der Waals surface area contributed by atoms with Crippen molar-refractivity contribution in [3.8, 4) is 11.5 Å². The molecule has 0 saturated heterocycles. The number of thiazole rings is 1. The highest BCUT2D eigenvalue weighted by atomic mass is 32.1. The molecule has 1 aliphatic heterocycles. The SMILES string of the molecule is O=C(Nc1nc2c(cc3c4c(cccc42)CC3)s1)[C@H]1COc2ccccc2O1. The highest BCUT2D eigenvalue weighted by molar-refractivity contribution is 7.22. The number of nitrogens with one attached hydrogen (secondary N) is 1. The van der Waals surface area contributed by atoms with Crippen LogP contribution in [0.5, 0.6) is 11.5 Å². The van der Waals surface area contributed by atoms with Gasteiger partial charge in [0.25, 0.3) is 5.91 Å². The quantitative estimate of drug-likeness (QED) is 0.555. The molecule has 5 nitrogen and oxygen atoms in total. The Balaban J connectivity index is 1.32. The molecule has 0 unspecified atom stereocenters. The summed E-state index contributed by atoms with van der Waals surface area (Å²) >= 11 is 1.50. The van der Waals surface area contributed by atoms with Gasteiger partial charge in [-0.1, -0.05) is 41.7 Å². The number of nitrogens with zero attached hydrogens (tertiary/aromatic N) is 1. The molecule has 0 spiro atoms. The fourth-order valence-corrected chi connectivity index (χ4v) is 5.04.